The lowest BCUT2D eigenvalue weighted by Gasteiger charge is -2.11. The van der Waals surface area contributed by atoms with Crippen LogP contribution in [-0.2, 0) is 0 Å². The van der Waals surface area contributed by atoms with Crippen LogP contribution < -0.4 is 14.2 Å². The molecule has 20 heavy (non-hydrogen) atoms. The van der Waals surface area contributed by atoms with Gasteiger partial charge in [-0.1, -0.05) is 18.2 Å². The first-order valence-electron chi connectivity index (χ1n) is 6.27. The van der Waals surface area contributed by atoms with E-state index in [4.69, 9.17) is 14.2 Å². The molecular formula is C16H16O4. The first-order chi connectivity index (χ1) is 9.83. The minimum Gasteiger partial charge on any atom is -0.493 e. The molecule has 0 aliphatic rings. The van der Waals surface area contributed by atoms with Gasteiger partial charge in [0.1, 0.15) is 25.2 Å². The minimum atomic E-state index is 0.369. The molecule has 0 atom stereocenters. The van der Waals surface area contributed by atoms with E-state index in [9.17, 15) is 4.79 Å². The largest absolute Gasteiger partial charge is 0.493 e. The van der Waals surface area contributed by atoms with Crippen LogP contribution in [-0.4, -0.2) is 26.6 Å². The molecule has 0 radical (unpaired) electrons. The third kappa shape index (κ3) is 3.75. The number of hydrogen-bond donors (Lipinski definition) is 0. The molecule has 4 nitrogen and oxygen atoms in total. The number of ether oxygens (including phenoxy) is 3. The predicted octanol–water partition coefficient (Wildman–Crippen LogP) is 2.97. The molecule has 0 spiro atoms. The Bertz CT molecular complexity index is 552. The first kappa shape index (κ1) is 13.9. The summed E-state index contributed by atoms with van der Waals surface area (Å²) in [4.78, 5) is 10.8. The lowest BCUT2D eigenvalue weighted by Crippen LogP contribution is -2.09. The summed E-state index contributed by atoms with van der Waals surface area (Å²) in [5.41, 5.74) is 0.546. The van der Waals surface area contributed by atoms with Crippen LogP contribution in [0.3, 0.4) is 0 Å². The van der Waals surface area contributed by atoms with Gasteiger partial charge in [-0.2, -0.15) is 0 Å². The van der Waals surface area contributed by atoms with Crippen LogP contribution in [0.15, 0.2) is 48.5 Å². The standard InChI is InChI=1S/C16H16O4/c1-18-15-8-7-13(12-17)11-16(15)20-10-9-19-14-5-3-2-4-6-14/h2-8,11-12H,9-10H2,1H3. The van der Waals surface area contributed by atoms with Gasteiger partial charge in [-0.3, -0.25) is 4.79 Å². The molecule has 2 rings (SSSR count). The summed E-state index contributed by atoms with van der Waals surface area (Å²) in [6, 6.07) is 14.5. The molecule has 0 aromatic heterocycles. The second kappa shape index (κ2) is 7.19. The molecule has 0 aliphatic heterocycles. The van der Waals surface area contributed by atoms with Crippen molar-refractivity contribution < 1.29 is 19.0 Å². The number of benzene rings is 2. The van der Waals surface area contributed by atoms with Gasteiger partial charge in [0.2, 0.25) is 0 Å². The van der Waals surface area contributed by atoms with E-state index in [1.54, 1.807) is 25.3 Å². The minimum absolute atomic E-state index is 0.369. The molecular weight excluding hydrogens is 256 g/mol. The summed E-state index contributed by atoms with van der Waals surface area (Å²) < 4.78 is 16.3. The van der Waals surface area contributed by atoms with E-state index >= 15 is 0 Å². The number of rotatable bonds is 7. The molecule has 0 saturated carbocycles. The zero-order valence-corrected chi connectivity index (χ0v) is 11.2. The maximum Gasteiger partial charge on any atom is 0.162 e. The van der Waals surface area contributed by atoms with E-state index in [2.05, 4.69) is 0 Å². The van der Waals surface area contributed by atoms with Gasteiger partial charge in [0.15, 0.2) is 11.5 Å². The van der Waals surface area contributed by atoms with Crippen molar-refractivity contribution >= 4 is 6.29 Å². The monoisotopic (exact) mass is 272 g/mol. The number of carbonyl (C=O) groups is 1. The molecule has 0 heterocycles. The molecule has 2 aromatic carbocycles. The van der Waals surface area contributed by atoms with Crippen LogP contribution in [0.1, 0.15) is 10.4 Å². The fourth-order valence-corrected chi connectivity index (χ4v) is 1.71. The van der Waals surface area contributed by atoms with Crippen molar-refractivity contribution in [2.45, 2.75) is 0 Å². The Morgan fingerprint density at radius 3 is 2.40 bits per heavy atom. The fourth-order valence-electron chi connectivity index (χ4n) is 1.71. The molecule has 0 fully saturated rings. The number of carbonyl (C=O) groups excluding carboxylic acids is 1. The third-order valence-electron chi connectivity index (χ3n) is 2.68. The Balaban J connectivity index is 1.88. The van der Waals surface area contributed by atoms with E-state index in [1.807, 2.05) is 30.3 Å². The molecule has 2 aromatic rings. The van der Waals surface area contributed by atoms with Gasteiger partial charge in [-0.05, 0) is 30.3 Å². The molecule has 0 amide bonds. The fraction of sp³-hybridized carbons (Fsp3) is 0.188. The van der Waals surface area contributed by atoms with Crippen molar-refractivity contribution in [3.05, 3.63) is 54.1 Å². The van der Waals surface area contributed by atoms with E-state index in [0.717, 1.165) is 12.0 Å². The van der Waals surface area contributed by atoms with Gasteiger partial charge in [0, 0.05) is 5.56 Å². The van der Waals surface area contributed by atoms with Crippen LogP contribution in [0, 0.1) is 0 Å². The summed E-state index contributed by atoms with van der Waals surface area (Å²) >= 11 is 0. The Morgan fingerprint density at radius 2 is 1.70 bits per heavy atom. The molecule has 0 saturated heterocycles. The Labute approximate surface area is 117 Å². The number of aldehydes is 1. The highest BCUT2D eigenvalue weighted by molar-refractivity contribution is 5.76. The molecule has 4 heteroatoms. The summed E-state index contributed by atoms with van der Waals surface area (Å²) in [6.45, 7) is 0.784. The van der Waals surface area contributed by atoms with Crippen LogP contribution in [0.25, 0.3) is 0 Å². The van der Waals surface area contributed by atoms with Gasteiger partial charge in [-0.25, -0.2) is 0 Å². The normalized spacial score (nSPS) is 9.85. The van der Waals surface area contributed by atoms with E-state index in [-0.39, 0.29) is 0 Å². The molecule has 104 valence electrons. The Kier molecular flexibility index (Phi) is 5.00. The van der Waals surface area contributed by atoms with Gasteiger partial charge in [-0.15, -0.1) is 0 Å². The second-order valence-electron chi connectivity index (χ2n) is 4.04. The SMILES string of the molecule is COc1ccc(C=O)cc1OCCOc1ccccc1. The topological polar surface area (TPSA) is 44.8 Å². The smallest absolute Gasteiger partial charge is 0.162 e. The predicted molar refractivity (Wildman–Crippen MR) is 75.8 cm³/mol. The van der Waals surface area contributed by atoms with E-state index in [0.29, 0.717) is 30.3 Å². The second-order valence-corrected chi connectivity index (χ2v) is 4.04. The maximum absolute atomic E-state index is 10.8. The highest BCUT2D eigenvalue weighted by Crippen LogP contribution is 2.27. The van der Waals surface area contributed by atoms with Crippen molar-refractivity contribution in [1.82, 2.24) is 0 Å². The van der Waals surface area contributed by atoms with Crippen LogP contribution in [0.5, 0.6) is 17.2 Å². The highest BCUT2D eigenvalue weighted by Gasteiger charge is 2.05. The molecule has 0 bridgehead atoms. The van der Waals surface area contributed by atoms with Crippen LogP contribution in [0.4, 0.5) is 0 Å². The molecule has 0 unspecified atom stereocenters. The molecule has 0 N–H and O–H groups in total. The van der Waals surface area contributed by atoms with Crippen LogP contribution in [0.2, 0.25) is 0 Å². The first-order valence-corrected chi connectivity index (χ1v) is 6.27. The Morgan fingerprint density at radius 1 is 0.950 bits per heavy atom. The average Bonchev–Trinajstić information content (AvgIpc) is 2.52. The molecule has 0 aliphatic carbocycles. The average molecular weight is 272 g/mol. The van der Waals surface area contributed by atoms with Gasteiger partial charge in [0.05, 0.1) is 7.11 Å². The number of hydrogen-bond acceptors (Lipinski definition) is 4. The van der Waals surface area contributed by atoms with E-state index in [1.165, 1.54) is 0 Å². The van der Waals surface area contributed by atoms with Gasteiger partial charge >= 0.3 is 0 Å². The summed E-state index contributed by atoms with van der Waals surface area (Å²) in [7, 11) is 1.56. The third-order valence-corrected chi connectivity index (χ3v) is 2.68. The van der Waals surface area contributed by atoms with E-state index < -0.39 is 0 Å². The number of para-hydroxylation sites is 1. The maximum atomic E-state index is 10.8. The highest BCUT2D eigenvalue weighted by atomic mass is 16.5. The van der Waals surface area contributed by atoms with Crippen molar-refractivity contribution in [2.24, 2.45) is 0 Å². The lowest BCUT2D eigenvalue weighted by molar-refractivity contribution is 0.112. The zero-order chi connectivity index (χ0) is 14.2. The Hall–Kier alpha value is -2.49. The van der Waals surface area contributed by atoms with Gasteiger partial charge < -0.3 is 14.2 Å². The quantitative estimate of drug-likeness (QED) is 0.574. The van der Waals surface area contributed by atoms with Crippen molar-refractivity contribution in [2.75, 3.05) is 20.3 Å². The van der Waals surface area contributed by atoms with Crippen molar-refractivity contribution in [3.8, 4) is 17.2 Å². The van der Waals surface area contributed by atoms with Crippen molar-refractivity contribution in [1.29, 1.82) is 0 Å². The zero-order valence-electron chi connectivity index (χ0n) is 11.2. The van der Waals surface area contributed by atoms with Crippen molar-refractivity contribution in [3.63, 3.8) is 0 Å². The summed E-state index contributed by atoms with van der Waals surface area (Å²) in [5.74, 6) is 1.92. The van der Waals surface area contributed by atoms with Gasteiger partial charge in [0.25, 0.3) is 0 Å². The lowest BCUT2D eigenvalue weighted by atomic mass is 10.2. The summed E-state index contributed by atoms with van der Waals surface area (Å²) in [5, 5.41) is 0. The number of methoxy groups -OCH3 is 1. The van der Waals surface area contributed by atoms with Crippen LogP contribution >= 0.6 is 0 Å². The summed E-state index contributed by atoms with van der Waals surface area (Å²) in [6.07, 6.45) is 0.771.